The lowest BCUT2D eigenvalue weighted by molar-refractivity contribution is 0.0815. The highest BCUT2D eigenvalue weighted by Gasteiger charge is 2.31. The van der Waals surface area contributed by atoms with Gasteiger partial charge in [0.2, 0.25) is 0 Å². The molecule has 2 aliphatic rings. The number of carbonyl (C=O) groups is 1. The van der Waals surface area contributed by atoms with E-state index in [1.807, 2.05) is 21.9 Å². The molecule has 5 nitrogen and oxygen atoms in total. The van der Waals surface area contributed by atoms with Crippen LogP contribution in [-0.2, 0) is 6.54 Å². The molecule has 0 radical (unpaired) electrons. The van der Waals surface area contributed by atoms with Gasteiger partial charge < -0.3 is 14.5 Å². The Morgan fingerprint density at radius 2 is 2.00 bits per heavy atom. The Bertz CT molecular complexity index is 543. The second kappa shape index (κ2) is 7.21. The number of amides is 2. The number of methoxy groups -OCH3 is 1. The van der Waals surface area contributed by atoms with Crippen molar-refractivity contribution in [2.24, 2.45) is 0 Å². The molecule has 2 aliphatic heterocycles. The van der Waals surface area contributed by atoms with Gasteiger partial charge in [-0.05, 0) is 37.5 Å². The van der Waals surface area contributed by atoms with Gasteiger partial charge in [0.05, 0.1) is 7.11 Å². The standard InChI is InChI=1S/C18H27N3O2/c1-15-13-19(14-16-6-5-7-17(12-16)23-2)10-11-21(15)18(22)20-8-3-4-9-20/h5-7,12,15H,3-4,8-11,13-14H2,1-2H3/t15-/m0/s1. The molecule has 1 atom stereocenters. The van der Waals surface area contributed by atoms with Crippen molar-refractivity contribution < 1.29 is 9.53 Å². The number of urea groups is 1. The minimum absolute atomic E-state index is 0.232. The molecular weight excluding hydrogens is 290 g/mol. The molecule has 0 unspecified atom stereocenters. The zero-order valence-electron chi connectivity index (χ0n) is 14.2. The van der Waals surface area contributed by atoms with Crippen molar-refractivity contribution in [2.75, 3.05) is 39.8 Å². The molecule has 2 saturated heterocycles. The monoisotopic (exact) mass is 317 g/mol. The number of carbonyl (C=O) groups excluding carboxylic acids is 1. The largest absolute Gasteiger partial charge is 0.497 e. The summed E-state index contributed by atoms with van der Waals surface area (Å²) in [6.45, 7) is 7.60. The van der Waals surface area contributed by atoms with Gasteiger partial charge in [-0.1, -0.05) is 12.1 Å². The molecule has 1 aromatic rings. The molecule has 0 saturated carbocycles. The van der Waals surface area contributed by atoms with E-state index in [0.717, 1.165) is 57.9 Å². The molecule has 126 valence electrons. The fourth-order valence-electron chi connectivity index (χ4n) is 3.58. The van der Waals surface area contributed by atoms with Crippen LogP contribution in [0.3, 0.4) is 0 Å². The van der Waals surface area contributed by atoms with Crippen molar-refractivity contribution in [3.8, 4) is 5.75 Å². The third kappa shape index (κ3) is 3.78. The summed E-state index contributed by atoms with van der Waals surface area (Å²) in [5, 5.41) is 0. The van der Waals surface area contributed by atoms with Crippen LogP contribution < -0.4 is 4.74 Å². The maximum atomic E-state index is 12.6. The highest BCUT2D eigenvalue weighted by Crippen LogP contribution is 2.19. The molecule has 0 spiro atoms. The van der Waals surface area contributed by atoms with Crippen LogP contribution in [0.4, 0.5) is 4.79 Å². The van der Waals surface area contributed by atoms with E-state index in [9.17, 15) is 4.79 Å². The van der Waals surface area contributed by atoms with Crippen molar-refractivity contribution in [1.82, 2.24) is 14.7 Å². The van der Waals surface area contributed by atoms with Crippen molar-refractivity contribution in [3.63, 3.8) is 0 Å². The zero-order valence-corrected chi connectivity index (χ0v) is 14.2. The van der Waals surface area contributed by atoms with Crippen LogP contribution in [0.1, 0.15) is 25.3 Å². The van der Waals surface area contributed by atoms with Gasteiger partial charge in [0.15, 0.2) is 0 Å². The third-order valence-corrected chi connectivity index (χ3v) is 4.87. The van der Waals surface area contributed by atoms with Crippen LogP contribution in [0.5, 0.6) is 5.75 Å². The Balaban J connectivity index is 1.56. The normalized spacial score (nSPS) is 22.4. The van der Waals surface area contributed by atoms with Crippen LogP contribution in [0.25, 0.3) is 0 Å². The quantitative estimate of drug-likeness (QED) is 0.859. The summed E-state index contributed by atoms with van der Waals surface area (Å²) >= 11 is 0. The summed E-state index contributed by atoms with van der Waals surface area (Å²) in [7, 11) is 1.70. The summed E-state index contributed by atoms with van der Waals surface area (Å²) in [5.41, 5.74) is 1.26. The molecule has 0 N–H and O–H groups in total. The topological polar surface area (TPSA) is 36.0 Å². The molecule has 2 heterocycles. The number of likely N-dealkylation sites (tertiary alicyclic amines) is 1. The van der Waals surface area contributed by atoms with E-state index in [1.165, 1.54) is 5.56 Å². The van der Waals surface area contributed by atoms with Gasteiger partial charge in [-0.3, -0.25) is 4.90 Å². The average molecular weight is 317 g/mol. The van der Waals surface area contributed by atoms with Gasteiger partial charge in [-0.15, -0.1) is 0 Å². The number of ether oxygens (including phenoxy) is 1. The first kappa shape index (κ1) is 16.1. The van der Waals surface area contributed by atoms with Gasteiger partial charge in [0.1, 0.15) is 5.75 Å². The van der Waals surface area contributed by atoms with Crippen molar-refractivity contribution in [2.45, 2.75) is 32.4 Å². The van der Waals surface area contributed by atoms with Gasteiger partial charge >= 0.3 is 6.03 Å². The smallest absolute Gasteiger partial charge is 0.320 e. The molecule has 1 aromatic carbocycles. The molecule has 5 heteroatoms. The van der Waals surface area contributed by atoms with E-state index in [4.69, 9.17) is 4.74 Å². The summed E-state index contributed by atoms with van der Waals surface area (Å²) in [5.74, 6) is 0.901. The van der Waals surface area contributed by atoms with Crippen LogP contribution in [0.15, 0.2) is 24.3 Å². The van der Waals surface area contributed by atoms with Crippen molar-refractivity contribution >= 4 is 6.03 Å². The number of benzene rings is 1. The van der Waals surface area contributed by atoms with E-state index < -0.39 is 0 Å². The average Bonchev–Trinajstić information content (AvgIpc) is 3.09. The predicted molar refractivity (Wildman–Crippen MR) is 90.6 cm³/mol. The van der Waals surface area contributed by atoms with Crippen molar-refractivity contribution in [1.29, 1.82) is 0 Å². The number of piperazine rings is 1. The first-order chi connectivity index (χ1) is 11.2. The van der Waals surface area contributed by atoms with Crippen LogP contribution >= 0.6 is 0 Å². The molecule has 3 rings (SSSR count). The van der Waals surface area contributed by atoms with E-state index in [2.05, 4.69) is 24.0 Å². The third-order valence-electron chi connectivity index (χ3n) is 4.87. The Labute approximate surface area is 138 Å². The van der Waals surface area contributed by atoms with Crippen molar-refractivity contribution in [3.05, 3.63) is 29.8 Å². The van der Waals surface area contributed by atoms with Crippen LogP contribution in [0.2, 0.25) is 0 Å². The van der Waals surface area contributed by atoms with Crippen LogP contribution in [0, 0.1) is 0 Å². The second-order valence-electron chi connectivity index (χ2n) is 6.61. The minimum Gasteiger partial charge on any atom is -0.497 e. The number of hydrogen-bond donors (Lipinski definition) is 0. The molecule has 2 amide bonds. The lowest BCUT2D eigenvalue weighted by Gasteiger charge is -2.41. The lowest BCUT2D eigenvalue weighted by atomic mass is 10.1. The fourth-order valence-corrected chi connectivity index (χ4v) is 3.58. The molecule has 0 aromatic heterocycles. The lowest BCUT2D eigenvalue weighted by Crippen LogP contribution is -2.56. The first-order valence-corrected chi connectivity index (χ1v) is 8.58. The number of rotatable bonds is 3. The Morgan fingerprint density at radius 1 is 1.22 bits per heavy atom. The number of hydrogen-bond acceptors (Lipinski definition) is 3. The maximum absolute atomic E-state index is 12.6. The van der Waals surface area contributed by atoms with Gasteiger partial charge in [-0.25, -0.2) is 4.79 Å². The molecule has 0 aliphatic carbocycles. The highest BCUT2D eigenvalue weighted by atomic mass is 16.5. The predicted octanol–water partition coefficient (Wildman–Crippen LogP) is 2.42. The Hall–Kier alpha value is -1.75. The van der Waals surface area contributed by atoms with Crippen LogP contribution in [-0.4, -0.2) is 66.6 Å². The van der Waals surface area contributed by atoms with Gasteiger partial charge in [0.25, 0.3) is 0 Å². The molecular formula is C18H27N3O2. The molecule has 0 bridgehead atoms. The van der Waals surface area contributed by atoms with E-state index in [0.29, 0.717) is 0 Å². The van der Waals surface area contributed by atoms with Gasteiger partial charge in [0, 0.05) is 45.3 Å². The summed E-state index contributed by atoms with van der Waals surface area (Å²) in [6, 6.07) is 8.73. The summed E-state index contributed by atoms with van der Waals surface area (Å²) in [4.78, 5) is 19.1. The maximum Gasteiger partial charge on any atom is 0.320 e. The Kier molecular flexibility index (Phi) is 5.06. The highest BCUT2D eigenvalue weighted by molar-refractivity contribution is 5.75. The minimum atomic E-state index is 0.232. The van der Waals surface area contributed by atoms with E-state index in [1.54, 1.807) is 7.11 Å². The second-order valence-corrected chi connectivity index (χ2v) is 6.61. The van der Waals surface area contributed by atoms with Gasteiger partial charge in [-0.2, -0.15) is 0 Å². The molecule has 23 heavy (non-hydrogen) atoms. The summed E-state index contributed by atoms with van der Waals surface area (Å²) in [6.07, 6.45) is 2.30. The Morgan fingerprint density at radius 3 is 2.70 bits per heavy atom. The fraction of sp³-hybridized carbons (Fsp3) is 0.611. The molecule has 2 fully saturated rings. The summed E-state index contributed by atoms with van der Waals surface area (Å²) < 4.78 is 5.29. The SMILES string of the molecule is COc1cccc(CN2CCN(C(=O)N3CCCC3)[C@@H](C)C2)c1. The van der Waals surface area contributed by atoms with E-state index in [-0.39, 0.29) is 12.1 Å². The van der Waals surface area contributed by atoms with E-state index >= 15 is 0 Å². The zero-order chi connectivity index (χ0) is 16.2. The first-order valence-electron chi connectivity index (χ1n) is 8.58. The number of nitrogens with zero attached hydrogens (tertiary/aromatic N) is 3.